The second-order valence-electron chi connectivity index (χ2n) is 10.2. The summed E-state index contributed by atoms with van der Waals surface area (Å²) in [5.41, 5.74) is 0.677. The Balaban J connectivity index is 1.77. The number of nitrogens with one attached hydrogen (secondary N) is 2. The van der Waals surface area contributed by atoms with Gasteiger partial charge in [0.1, 0.15) is 24.4 Å². The van der Waals surface area contributed by atoms with E-state index in [0.29, 0.717) is 18.8 Å². The Morgan fingerprint density at radius 1 is 1.24 bits per heavy atom. The zero-order chi connectivity index (χ0) is 26.6. The highest BCUT2D eigenvalue weighted by Crippen LogP contribution is 2.33. The first-order valence-electron chi connectivity index (χ1n) is 12.6. The molecule has 4 rings (SSSR count). The van der Waals surface area contributed by atoms with E-state index in [2.05, 4.69) is 10.6 Å². The number of benzene rings is 2. The first kappa shape index (κ1) is 27.0. The number of rotatable bonds is 10. The van der Waals surface area contributed by atoms with E-state index < -0.39 is 42.0 Å². The molecule has 9 heteroatoms. The van der Waals surface area contributed by atoms with E-state index in [0.717, 1.165) is 43.3 Å². The lowest BCUT2D eigenvalue weighted by Gasteiger charge is -2.47. The molecule has 0 aromatic heterocycles. The van der Waals surface area contributed by atoms with E-state index in [9.17, 15) is 18.7 Å². The van der Waals surface area contributed by atoms with Crippen LogP contribution in [0.2, 0.25) is 0 Å². The molecule has 2 aliphatic rings. The number of hydrogen-bond acceptors (Lipinski definition) is 6. The molecule has 1 amide bonds. The first-order chi connectivity index (χ1) is 17.7. The Kier molecular flexibility index (Phi) is 8.46. The van der Waals surface area contributed by atoms with Crippen molar-refractivity contribution < 1.29 is 23.4 Å². The first-order valence-corrected chi connectivity index (χ1v) is 12.6. The summed E-state index contributed by atoms with van der Waals surface area (Å²) >= 11 is 0. The fraction of sp³-hybridized carbons (Fsp3) is 0.464. The van der Waals surface area contributed by atoms with Crippen molar-refractivity contribution in [1.82, 2.24) is 20.4 Å². The van der Waals surface area contributed by atoms with Crippen LogP contribution in [-0.2, 0) is 16.1 Å². The molecule has 200 valence electrons. The molecule has 7 nitrogen and oxygen atoms in total. The quantitative estimate of drug-likeness (QED) is 0.453. The summed E-state index contributed by atoms with van der Waals surface area (Å²) in [6.07, 6.45) is 2.14. The van der Waals surface area contributed by atoms with Gasteiger partial charge >= 0.3 is 0 Å². The molecule has 0 saturated carbocycles. The lowest BCUT2D eigenvalue weighted by molar-refractivity contribution is -0.149. The number of ether oxygens (including phenoxy) is 1. The van der Waals surface area contributed by atoms with E-state index in [1.807, 2.05) is 49.1 Å². The lowest BCUT2D eigenvalue weighted by atomic mass is 9.91. The molecule has 3 N–H and O–H groups in total. The molecule has 37 heavy (non-hydrogen) atoms. The minimum absolute atomic E-state index is 0.106. The van der Waals surface area contributed by atoms with Crippen molar-refractivity contribution in [3.8, 4) is 0 Å². The summed E-state index contributed by atoms with van der Waals surface area (Å²) < 4.78 is 34.8. The highest BCUT2D eigenvalue weighted by Gasteiger charge is 2.47. The maximum Gasteiger partial charge on any atom is 0.248 e. The predicted molar refractivity (Wildman–Crippen MR) is 138 cm³/mol. The van der Waals surface area contributed by atoms with Gasteiger partial charge in [-0.3, -0.25) is 4.79 Å². The van der Waals surface area contributed by atoms with Crippen molar-refractivity contribution in [2.75, 3.05) is 33.4 Å². The third kappa shape index (κ3) is 6.11. The van der Waals surface area contributed by atoms with Gasteiger partial charge in [0, 0.05) is 32.0 Å². The van der Waals surface area contributed by atoms with Gasteiger partial charge in [0.2, 0.25) is 5.91 Å². The summed E-state index contributed by atoms with van der Waals surface area (Å²) in [5.74, 6) is -1.28. The van der Waals surface area contributed by atoms with E-state index in [1.165, 1.54) is 0 Å². The largest absolute Gasteiger partial charge is 0.387 e. The molecule has 0 bridgehead atoms. The summed E-state index contributed by atoms with van der Waals surface area (Å²) in [5, 5.41) is 16.6. The number of carbonyl (C=O) groups excluding carboxylic acids is 1. The second kappa shape index (κ2) is 11.6. The van der Waals surface area contributed by atoms with Crippen LogP contribution in [0.5, 0.6) is 0 Å². The number of aliphatic hydroxyl groups is 1. The minimum atomic E-state index is -0.854. The molecule has 2 aromatic carbocycles. The molecule has 1 fully saturated rings. The highest BCUT2D eigenvalue weighted by atomic mass is 19.1. The predicted octanol–water partition coefficient (Wildman–Crippen LogP) is 2.92. The SMILES string of the molecule is COC(C)(C)[C@H](C1NC(c2cc(F)ccc2F)=CN1Cc1ccccc1)N(C[C@H]1CCNC1)C(=O)CO. The van der Waals surface area contributed by atoms with E-state index in [4.69, 9.17) is 4.74 Å². The van der Waals surface area contributed by atoms with Gasteiger partial charge in [-0.05, 0) is 63.0 Å². The smallest absolute Gasteiger partial charge is 0.248 e. The molecule has 1 unspecified atom stereocenters. The summed E-state index contributed by atoms with van der Waals surface area (Å²) in [7, 11) is 1.59. The van der Waals surface area contributed by atoms with Gasteiger partial charge in [0.05, 0.1) is 17.3 Å². The van der Waals surface area contributed by atoms with Crippen molar-refractivity contribution in [2.45, 2.75) is 44.6 Å². The van der Waals surface area contributed by atoms with Crippen LogP contribution in [0.1, 0.15) is 31.4 Å². The molecule has 2 aliphatic heterocycles. The number of methoxy groups -OCH3 is 1. The van der Waals surface area contributed by atoms with Gasteiger partial charge in [-0.2, -0.15) is 0 Å². The summed E-state index contributed by atoms with van der Waals surface area (Å²) in [6.45, 7) is 5.69. The second-order valence-corrected chi connectivity index (χ2v) is 10.2. The number of amides is 1. The number of aliphatic hydroxyl groups excluding tert-OH is 1. The topological polar surface area (TPSA) is 77.1 Å². The Labute approximate surface area is 217 Å². The normalized spacial score (nSPS) is 20.5. The zero-order valence-corrected chi connectivity index (χ0v) is 21.6. The van der Waals surface area contributed by atoms with E-state index in [-0.39, 0.29) is 11.5 Å². The van der Waals surface area contributed by atoms with Crippen LogP contribution in [0.25, 0.3) is 5.70 Å². The van der Waals surface area contributed by atoms with Crippen LogP contribution in [0.4, 0.5) is 8.78 Å². The van der Waals surface area contributed by atoms with E-state index in [1.54, 1.807) is 18.2 Å². The van der Waals surface area contributed by atoms with Gasteiger partial charge in [-0.15, -0.1) is 0 Å². The maximum absolute atomic E-state index is 14.8. The molecule has 1 saturated heterocycles. The lowest BCUT2D eigenvalue weighted by Crippen LogP contribution is -2.65. The van der Waals surface area contributed by atoms with Crippen LogP contribution < -0.4 is 10.6 Å². The summed E-state index contributed by atoms with van der Waals surface area (Å²) in [6, 6.07) is 12.6. The Bertz CT molecular complexity index is 1110. The van der Waals surface area contributed by atoms with Crippen LogP contribution in [0.15, 0.2) is 54.7 Å². The third-order valence-electron chi connectivity index (χ3n) is 7.33. The van der Waals surface area contributed by atoms with Gasteiger partial charge in [0.15, 0.2) is 0 Å². The van der Waals surface area contributed by atoms with Gasteiger partial charge in [0.25, 0.3) is 0 Å². The number of nitrogens with zero attached hydrogens (tertiary/aromatic N) is 2. The maximum atomic E-state index is 14.8. The van der Waals surface area contributed by atoms with Gasteiger partial charge < -0.3 is 30.3 Å². The van der Waals surface area contributed by atoms with Crippen molar-refractivity contribution in [3.63, 3.8) is 0 Å². The molecule has 2 heterocycles. The molecular formula is C28H36F2N4O3. The molecule has 0 spiro atoms. The molecular weight excluding hydrogens is 478 g/mol. The van der Waals surface area contributed by atoms with Crippen LogP contribution >= 0.6 is 0 Å². The molecule has 3 atom stereocenters. The van der Waals surface area contributed by atoms with Crippen LogP contribution in [0.3, 0.4) is 0 Å². The number of carbonyl (C=O) groups is 1. The van der Waals surface area contributed by atoms with E-state index >= 15 is 0 Å². The number of halogens is 2. The Hall–Kier alpha value is -3.01. The summed E-state index contributed by atoms with van der Waals surface area (Å²) in [4.78, 5) is 16.9. The minimum Gasteiger partial charge on any atom is -0.387 e. The Morgan fingerprint density at radius 2 is 2.00 bits per heavy atom. The average molecular weight is 515 g/mol. The number of hydrogen-bond donors (Lipinski definition) is 3. The van der Waals surface area contributed by atoms with Crippen molar-refractivity contribution >= 4 is 11.6 Å². The molecule has 0 aliphatic carbocycles. The van der Waals surface area contributed by atoms with Crippen molar-refractivity contribution in [3.05, 3.63) is 77.5 Å². The fourth-order valence-electron chi connectivity index (χ4n) is 5.23. The Morgan fingerprint density at radius 3 is 2.65 bits per heavy atom. The van der Waals surface area contributed by atoms with Crippen molar-refractivity contribution in [1.29, 1.82) is 0 Å². The monoisotopic (exact) mass is 514 g/mol. The zero-order valence-electron chi connectivity index (χ0n) is 21.6. The van der Waals surface area contributed by atoms with Crippen molar-refractivity contribution in [2.24, 2.45) is 5.92 Å². The fourth-order valence-corrected chi connectivity index (χ4v) is 5.23. The third-order valence-corrected chi connectivity index (χ3v) is 7.33. The molecule has 0 radical (unpaired) electrons. The molecule has 2 aromatic rings. The highest BCUT2D eigenvalue weighted by molar-refractivity contribution is 5.78. The standard InChI is InChI=1S/C28H36F2N4O3/c1-28(2,37-3)26(34(25(36)18-35)16-20-11-12-31-14-20)27-32-24(22-13-21(29)9-10-23(22)30)17-33(27)15-19-7-5-4-6-8-19/h4-10,13,17,20,26-27,31-32,35H,11-12,14-16,18H2,1-3H3/t20-,26-,27?/m0/s1. The average Bonchev–Trinajstić information content (AvgIpc) is 3.55. The van der Waals surface area contributed by atoms with Gasteiger partial charge in [-0.1, -0.05) is 30.3 Å². The van der Waals surface area contributed by atoms with Crippen LogP contribution in [0, 0.1) is 17.6 Å². The van der Waals surface area contributed by atoms with Gasteiger partial charge in [-0.25, -0.2) is 8.78 Å². The van der Waals surface area contributed by atoms with Crippen LogP contribution in [-0.4, -0.2) is 72.0 Å².